The largest absolute Gasteiger partial charge is 0.493 e. The zero-order chi connectivity index (χ0) is 16.8. The van der Waals surface area contributed by atoms with E-state index in [0.717, 1.165) is 18.4 Å². The average molecular weight is 359 g/mol. The predicted octanol–water partition coefficient (Wildman–Crippen LogP) is 1.63. The lowest BCUT2D eigenvalue weighted by Gasteiger charge is -2.38. The number of carbonyl (C=O) groups is 1. The first-order valence-corrected chi connectivity index (χ1v) is 7.86. The number of halogens is 1. The summed E-state index contributed by atoms with van der Waals surface area (Å²) in [6, 6.07) is 5.59. The van der Waals surface area contributed by atoms with Crippen LogP contribution < -0.4 is 15.2 Å². The molecule has 2 atom stereocenters. The van der Waals surface area contributed by atoms with Gasteiger partial charge in [-0.15, -0.1) is 12.4 Å². The minimum atomic E-state index is 0. The first-order chi connectivity index (χ1) is 11.1. The number of benzene rings is 1. The van der Waals surface area contributed by atoms with Crippen molar-refractivity contribution in [2.45, 2.75) is 31.4 Å². The lowest BCUT2D eigenvalue weighted by atomic mass is 9.98. The third-order valence-corrected chi connectivity index (χ3v) is 4.40. The predicted molar refractivity (Wildman–Crippen MR) is 95.1 cm³/mol. The number of carbonyl (C=O) groups excluding carboxylic acids is 1. The van der Waals surface area contributed by atoms with E-state index in [-0.39, 0.29) is 30.5 Å². The van der Waals surface area contributed by atoms with E-state index in [4.69, 9.17) is 19.9 Å². The van der Waals surface area contributed by atoms with Gasteiger partial charge in [-0.25, -0.2) is 0 Å². The van der Waals surface area contributed by atoms with Crippen LogP contribution in [0.3, 0.4) is 0 Å². The second-order valence-electron chi connectivity index (χ2n) is 5.72. The van der Waals surface area contributed by atoms with Crippen LogP contribution in [-0.2, 0) is 16.0 Å². The normalized spacial score (nSPS) is 20.2. The molecule has 1 aliphatic heterocycles. The van der Waals surface area contributed by atoms with Crippen LogP contribution >= 0.6 is 12.4 Å². The molecule has 1 aromatic rings. The average Bonchev–Trinajstić information content (AvgIpc) is 2.60. The molecule has 1 aromatic carbocycles. The molecule has 1 aliphatic rings. The molecule has 1 amide bonds. The Balaban J connectivity index is 0.00000288. The fourth-order valence-electron chi connectivity index (χ4n) is 3.05. The van der Waals surface area contributed by atoms with E-state index in [0.29, 0.717) is 31.0 Å². The molecule has 6 nitrogen and oxygen atoms in total. The van der Waals surface area contributed by atoms with Crippen LogP contribution in [0.25, 0.3) is 0 Å². The van der Waals surface area contributed by atoms with Gasteiger partial charge in [0.25, 0.3) is 0 Å². The van der Waals surface area contributed by atoms with Crippen molar-refractivity contribution in [2.24, 2.45) is 5.73 Å². The van der Waals surface area contributed by atoms with Gasteiger partial charge in [-0.05, 0) is 30.5 Å². The first kappa shape index (κ1) is 20.5. The maximum Gasteiger partial charge on any atom is 0.227 e. The summed E-state index contributed by atoms with van der Waals surface area (Å²) in [7, 11) is 4.89. The van der Waals surface area contributed by atoms with Gasteiger partial charge in [0.05, 0.1) is 26.7 Å². The topological polar surface area (TPSA) is 74.0 Å². The van der Waals surface area contributed by atoms with Crippen LogP contribution in [-0.4, -0.2) is 57.4 Å². The number of piperidine rings is 1. The van der Waals surface area contributed by atoms with Crippen molar-refractivity contribution in [3.05, 3.63) is 23.8 Å². The highest BCUT2D eigenvalue weighted by atomic mass is 35.5. The Morgan fingerprint density at radius 2 is 1.96 bits per heavy atom. The van der Waals surface area contributed by atoms with E-state index in [1.807, 2.05) is 23.1 Å². The van der Waals surface area contributed by atoms with E-state index in [9.17, 15) is 4.79 Å². The number of ether oxygens (including phenoxy) is 3. The minimum absolute atomic E-state index is 0. The third kappa shape index (κ3) is 4.75. The summed E-state index contributed by atoms with van der Waals surface area (Å²) in [4.78, 5) is 14.5. The van der Waals surface area contributed by atoms with Crippen molar-refractivity contribution in [1.82, 2.24) is 4.90 Å². The number of nitrogens with zero attached hydrogens (tertiary/aromatic N) is 1. The first-order valence-electron chi connectivity index (χ1n) is 7.86. The summed E-state index contributed by atoms with van der Waals surface area (Å²) in [5.74, 6) is 1.37. The molecular weight excluding hydrogens is 332 g/mol. The van der Waals surface area contributed by atoms with Crippen molar-refractivity contribution in [1.29, 1.82) is 0 Å². The molecule has 2 N–H and O–H groups in total. The number of rotatable bonds is 6. The third-order valence-electron chi connectivity index (χ3n) is 4.40. The van der Waals surface area contributed by atoms with Crippen molar-refractivity contribution in [2.75, 3.05) is 34.4 Å². The number of hydrogen-bond donors (Lipinski definition) is 1. The molecule has 1 saturated heterocycles. The number of hydrogen-bond acceptors (Lipinski definition) is 5. The second kappa shape index (κ2) is 9.71. The fourth-order valence-corrected chi connectivity index (χ4v) is 3.05. The monoisotopic (exact) mass is 358 g/mol. The molecule has 0 aromatic heterocycles. The molecule has 0 spiro atoms. The van der Waals surface area contributed by atoms with E-state index in [1.165, 1.54) is 0 Å². The Bertz CT molecular complexity index is 541. The Labute approximate surface area is 149 Å². The molecule has 7 heteroatoms. The zero-order valence-electron chi connectivity index (χ0n) is 14.5. The number of likely N-dealkylation sites (tertiary alicyclic amines) is 1. The summed E-state index contributed by atoms with van der Waals surface area (Å²) in [5, 5.41) is 0. The van der Waals surface area contributed by atoms with Gasteiger partial charge in [-0.3, -0.25) is 4.79 Å². The molecule has 24 heavy (non-hydrogen) atoms. The molecule has 2 unspecified atom stereocenters. The van der Waals surface area contributed by atoms with Gasteiger partial charge in [0.2, 0.25) is 5.91 Å². The Morgan fingerprint density at radius 3 is 2.54 bits per heavy atom. The molecule has 0 aliphatic carbocycles. The molecule has 1 fully saturated rings. The maximum absolute atomic E-state index is 12.6. The van der Waals surface area contributed by atoms with Gasteiger partial charge in [-0.1, -0.05) is 6.07 Å². The molecular formula is C17H27ClN2O4. The van der Waals surface area contributed by atoms with Crippen LogP contribution in [0.4, 0.5) is 0 Å². The lowest BCUT2D eigenvalue weighted by molar-refractivity contribution is -0.136. The highest BCUT2D eigenvalue weighted by Gasteiger charge is 2.30. The van der Waals surface area contributed by atoms with Crippen LogP contribution in [0.1, 0.15) is 18.4 Å². The summed E-state index contributed by atoms with van der Waals surface area (Å²) >= 11 is 0. The standard InChI is InChI=1S/C17H26N2O4.ClH/c1-21-14-6-7-19(13(10-14)11-18)17(20)9-12-4-5-15(22-2)16(8-12)23-3;/h4-5,8,13-14H,6-7,9-11,18H2,1-3H3;1H. The highest BCUT2D eigenvalue weighted by Crippen LogP contribution is 2.28. The maximum atomic E-state index is 12.6. The smallest absolute Gasteiger partial charge is 0.227 e. The minimum Gasteiger partial charge on any atom is -0.493 e. The van der Waals surface area contributed by atoms with Crippen molar-refractivity contribution in [3.63, 3.8) is 0 Å². The Kier molecular flexibility index (Phi) is 8.31. The molecule has 136 valence electrons. The SMILES string of the molecule is COc1ccc(CC(=O)N2CCC(OC)CC2CN)cc1OC.Cl. The van der Waals surface area contributed by atoms with Crippen molar-refractivity contribution >= 4 is 18.3 Å². The second-order valence-corrected chi connectivity index (χ2v) is 5.72. The van der Waals surface area contributed by atoms with Crippen molar-refractivity contribution < 1.29 is 19.0 Å². The van der Waals surface area contributed by atoms with Gasteiger partial charge in [0.15, 0.2) is 11.5 Å². The van der Waals surface area contributed by atoms with E-state index in [2.05, 4.69) is 0 Å². The molecule has 1 heterocycles. The summed E-state index contributed by atoms with van der Waals surface area (Å²) in [6.07, 6.45) is 2.16. The molecule has 0 radical (unpaired) electrons. The number of nitrogens with two attached hydrogens (primary N) is 1. The van der Waals surface area contributed by atoms with E-state index >= 15 is 0 Å². The molecule has 2 rings (SSSR count). The van der Waals surface area contributed by atoms with Gasteiger partial charge in [-0.2, -0.15) is 0 Å². The summed E-state index contributed by atoms with van der Waals surface area (Å²) in [6.45, 7) is 1.14. The fraction of sp³-hybridized carbons (Fsp3) is 0.588. The van der Waals surface area contributed by atoms with E-state index < -0.39 is 0 Å². The quantitative estimate of drug-likeness (QED) is 0.836. The lowest BCUT2D eigenvalue weighted by Crippen LogP contribution is -2.51. The van der Waals surface area contributed by atoms with Gasteiger partial charge in [0, 0.05) is 26.2 Å². The zero-order valence-corrected chi connectivity index (χ0v) is 15.3. The van der Waals surface area contributed by atoms with Crippen LogP contribution in [0.15, 0.2) is 18.2 Å². The number of methoxy groups -OCH3 is 3. The van der Waals surface area contributed by atoms with Crippen LogP contribution in [0.2, 0.25) is 0 Å². The van der Waals surface area contributed by atoms with E-state index in [1.54, 1.807) is 21.3 Å². The van der Waals surface area contributed by atoms with Gasteiger partial charge in [0.1, 0.15) is 0 Å². The summed E-state index contributed by atoms with van der Waals surface area (Å²) < 4.78 is 15.9. The Hall–Kier alpha value is -1.50. The van der Waals surface area contributed by atoms with Gasteiger partial charge < -0.3 is 24.8 Å². The summed E-state index contributed by atoms with van der Waals surface area (Å²) in [5.41, 5.74) is 6.74. The highest BCUT2D eigenvalue weighted by molar-refractivity contribution is 5.85. The van der Waals surface area contributed by atoms with Crippen LogP contribution in [0, 0.1) is 0 Å². The van der Waals surface area contributed by atoms with Gasteiger partial charge >= 0.3 is 0 Å². The van der Waals surface area contributed by atoms with Crippen molar-refractivity contribution in [3.8, 4) is 11.5 Å². The van der Waals surface area contributed by atoms with Crippen LogP contribution in [0.5, 0.6) is 11.5 Å². The Morgan fingerprint density at radius 1 is 1.25 bits per heavy atom. The number of amides is 1. The molecule has 0 saturated carbocycles. The molecule has 0 bridgehead atoms.